The maximum absolute atomic E-state index is 12.0. The Kier molecular flexibility index (Phi) is 6.65. The zero-order valence-electron chi connectivity index (χ0n) is 11.3. The van der Waals surface area contributed by atoms with Crippen molar-refractivity contribution in [3.05, 3.63) is 35.9 Å². The van der Waals surface area contributed by atoms with E-state index in [1.807, 2.05) is 37.4 Å². The Hall–Kier alpha value is -1.16. The minimum absolute atomic E-state index is 0.000229. The summed E-state index contributed by atoms with van der Waals surface area (Å²) in [6.45, 7) is 2.70. The second-order valence-electron chi connectivity index (χ2n) is 4.27. The summed E-state index contributed by atoms with van der Waals surface area (Å²) >= 11 is 1.77. The van der Waals surface area contributed by atoms with Gasteiger partial charge in [-0.1, -0.05) is 37.3 Å². The third kappa shape index (κ3) is 4.61. The van der Waals surface area contributed by atoms with Crippen molar-refractivity contribution in [2.45, 2.75) is 25.9 Å². The number of carbonyl (C=O) groups excluding carboxylic acids is 1. The molecule has 18 heavy (non-hydrogen) atoms. The molecule has 0 fully saturated rings. The van der Waals surface area contributed by atoms with Crippen LogP contribution in [0.2, 0.25) is 0 Å². The van der Waals surface area contributed by atoms with E-state index < -0.39 is 0 Å². The van der Waals surface area contributed by atoms with E-state index in [2.05, 4.69) is 18.5 Å². The van der Waals surface area contributed by atoms with E-state index in [1.165, 1.54) is 0 Å². The molecule has 2 amide bonds. The summed E-state index contributed by atoms with van der Waals surface area (Å²) in [5.41, 5.74) is 1.12. The van der Waals surface area contributed by atoms with Crippen molar-refractivity contribution < 1.29 is 4.79 Å². The summed E-state index contributed by atoms with van der Waals surface area (Å²) < 4.78 is 0. The number of amides is 2. The zero-order chi connectivity index (χ0) is 13.4. The molecule has 0 aliphatic heterocycles. The first-order valence-electron chi connectivity index (χ1n) is 6.22. The molecular formula is C14H22N2OS. The van der Waals surface area contributed by atoms with Crippen LogP contribution >= 0.6 is 11.8 Å². The maximum Gasteiger partial charge on any atom is 0.317 e. The Balaban J connectivity index is 2.44. The van der Waals surface area contributed by atoms with Crippen molar-refractivity contribution in [1.29, 1.82) is 0 Å². The van der Waals surface area contributed by atoms with E-state index in [1.54, 1.807) is 16.7 Å². The minimum atomic E-state index is -0.000229. The molecule has 0 aromatic heterocycles. The lowest BCUT2D eigenvalue weighted by Gasteiger charge is -2.27. The minimum Gasteiger partial charge on any atom is -0.334 e. The molecule has 0 aliphatic rings. The number of hydrogen-bond donors (Lipinski definition) is 1. The van der Waals surface area contributed by atoms with Crippen molar-refractivity contribution in [2.24, 2.45) is 0 Å². The Morgan fingerprint density at radius 2 is 2.06 bits per heavy atom. The van der Waals surface area contributed by atoms with Crippen molar-refractivity contribution in [1.82, 2.24) is 10.2 Å². The van der Waals surface area contributed by atoms with Gasteiger partial charge in [-0.3, -0.25) is 0 Å². The summed E-state index contributed by atoms with van der Waals surface area (Å²) in [5, 5.41) is 2.95. The lowest BCUT2D eigenvalue weighted by molar-refractivity contribution is 0.193. The first-order valence-corrected chi connectivity index (χ1v) is 7.62. The Morgan fingerprint density at radius 3 is 2.61 bits per heavy atom. The number of carbonyl (C=O) groups is 1. The predicted octanol–water partition coefficient (Wildman–Crippen LogP) is 2.97. The largest absolute Gasteiger partial charge is 0.334 e. The van der Waals surface area contributed by atoms with Crippen molar-refractivity contribution in [2.75, 3.05) is 19.1 Å². The first kappa shape index (κ1) is 14.9. The molecule has 100 valence electrons. The number of nitrogens with one attached hydrogen (secondary N) is 1. The zero-order valence-corrected chi connectivity index (χ0v) is 12.2. The van der Waals surface area contributed by atoms with Gasteiger partial charge in [0.05, 0.1) is 0 Å². The van der Waals surface area contributed by atoms with Crippen LogP contribution in [-0.2, 0) is 6.54 Å². The van der Waals surface area contributed by atoms with Crippen LogP contribution in [0.5, 0.6) is 0 Å². The monoisotopic (exact) mass is 266 g/mol. The highest BCUT2D eigenvalue weighted by Crippen LogP contribution is 2.08. The lowest BCUT2D eigenvalue weighted by Crippen LogP contribution is -2.44. The molecular weight excluding hydrogens is 244 g/mol. The highest BCUT2D eigenvalue weighted by molar-refractivity contribution is 7.98. The van der Waals surface area contributed by atoms with Gasteiger partial charge in [0.2, 0.25) is 0 Å². The summed E-state index contributed by atoms with van der Waals surface area (Å²) in [6, 6.07) is 10.3. The van der Waals surface area contributed by atoms with Crippen LogP contribution in [-0.4, -0.2) is 36.0 Å². The van der Waals surface area contributed by atoms with Crippen LogP contribution < -0.4 is 5.32 Å². The average Bonchev–Trinajstić information content (AvgIpc) is 2.42. The SMILES string of the molecule is CCC(CSC)N(C)C(=O)NCc1ccccc1. The Bertz CT molecular complexity index is 356. The quantitative estimate of drug-likeness (QED) is 0.858. The Labute approximate surface area is 114 Å². The molecule has 1 rings (SSSR count). The number of nitrogens with zero attached hydrogens (tertiary/aromatic N) is 1. The average molecular weight is 266 g/mol. The number of urea groups is 1. The van der Waals surface area contributed by atoms with Crippen molar-refractivity contribution >= 4 is 17.8 Å². The van der Waals surface area contributed by atoms with Crippen LogP contribution in [0.1, 0.15) is 18.9 Å². The van der Waals surface area contributed by atoms with Gasteiger partial charge in [0.1, 0.15) is 0 Å². The molecule has 1 aromatic rings. The van der Waals surface area contributed by atoms with Crippen LogP contribution in [0.15, 0.2) is 30.3 Å². The van der Waals surface area contributed by atoms with Crippen molar-refractivity contribution in [3.8, 4) is 0 Å². The molecule has 0 saturated heterocycles. The third-order valence-electron chi connectivity index (χ3n) is 2.98. The summed E-state index contributed by atoms with van der Waals surface area (Å²) in [7, 11) is 1.87. The summed E-state index contributed by atoms with van der Waals surface area (Å²) in [5.74, 6) is 0.978. The fraction of sp³-hybridized carbons (Fsp3) is 0.500. The van der Waals surface area contributed by atoms with E-state index in [0.29, 0.717) is 12.6 Å². The lowest BCUT2D eigenvalue weighted by atomic mass is 10.2. The van der Waals surface area contributed by atoms with E-state index in [9.17, 15) is 4.79 Å². The molecule has 0 radical (unpaired) electrons. The topological polar surface area (TPSA) is 32.3 Å². The van der Waals surface area contributed by atoms with Crippen molar-refractivity contribution in [3.63, 3.8) is 0 Å². The van der Waals surface area contributed by atoms with Gasteiger partial charge in [-0.15, -0.1) is 0 Å². The van der Waals surface area contributed by atoms with E-state index >= 15 is 0 Å². The molecule has 0 heterocycles. The van der Waals surface area contributed by atoms with Gasteiger partial charge in [0.25, 0.3) is 0 Å². The number of benzene rings is 1. The van der Waals surface area contributed by atoms with Gasteiger partial charge in [0.15, 0.2) is 0 Å². The summed E-state index contributed by atoms with van der Waals surface area (Å²) in [4.78, 5) is 13.8. The van der Waals surface area contributed by atoms with Gasteiger partial charge in [-0.2, -0.15) is 11.8 Å². The first-order chi connectivity index (χ1) is 8.69. The van der Waals surface area contributed by atoms with Gasteiger partial charge in [0, 0.05) is 25.4 Å². The van der Waals surface area contributed by atoms with E-state index in [0.717, 1.165) is 17.7 Å². The van der Waals surface area contributed by atoms with Gasteiger partial charge in [-0.05, 0) is 18.2 Å². The molecule has 0 aliphatic carbocycles. The number of hydrogen-bond acceptors (Lipinski definition) is 2. The second kappa shape index (κ2) is 8.03. The van der Waals surface area contributed by atoms with Gasteiger partial charge in [-0.25, -0.2) is 4.79 Å². The molecule has 0 spiro atoms. The van der Waals surface area contributed by atoms with Gasteiger partial charge < -0.3 is 10.2 Å². The third-order valence-corrected chi connectivity index (χ3v) is 3.70. The summed E-state index contributed by atoms with van der Waals surface area (Å²) in [6.07, 6.45) is 3.05. The Morgan fingerprint density at radius 1 is 1.39 bits per heavy atom. The molecule has 0 bridgehead atoms. The van der Waals surface area contributed by atoms with Crippen LogP contribution in [0.4, 0.5) is 4.79 Å². The predicted molar refractivity (Wildman–Crippen MR) is 78.9 cm³/mol. The maximum atomic E-state index is 12.0. The van der Waals surface area contributed by atoms with Crippen LogP contribution in [0, 0.1) is 0 Å². The highest BCUT2D eigenvalue weighted by atomic mass is 32.2. The number of rotatable bonds is 6. The number of thioether (sulfide) groups is 1. The molecule has 1 unspecified atom stereocenters. The molecule has 0 saturated carbocycles. The van der Waals surface area contributed by atoms with Crippen LogP contribution in [0.25, 0.3) is 0 Å². The van der Waals surface area contributed by atoms with Crippen LogP contribution in [0.3, 0.4) is 0 Å². The van der Waals surface area contributed by atoms with Gasteiger partial charge >= 0.3 is 6.03 Å². The fourth-order valence-electron chi connectivity index (χ4n) is 1.76. The molecule has 1 atom stereocenters. The molecule has 1 N–H and O–H groups in total. The normalized spacial score (nSPS) is 11.9. The molecule has 3 nitrogen and oxygen atoms in total. The molecule has 4 heteroatoms. The van der Waals surface area contributed by atoms with E-state index in [-0.39, 0.29) is 6.03 Å². The standard InChI is InChI=1S/C14H22N2OS/c1-4-13(11-18-3)16(2)14(17)15-10-12-8-6-5-7-9-12/h5-9,13H,4,10-11H2,1-3H3,(H,15,17). The highest BCUT2D eigenvalue weighted by Gasteiger charge is 2.17. The smallest absolute Gasteiger partial charge is 0.317 e. The van der Waals surface area contributed by atoms with E-state index in [4.69, 9.17) is 0 Å². The molecule has 1 aromatic carbocycles. The fourth-order valence-corrected chi connectivity index (χ4v) is 2.60. The second-order valence-corrected chi connectivity index (χ2v) is 5.18.